The van der Waals surface area contributed by atoms with E-state index in [1.807, 2.05) is 6.92 Å². The van der Waals surface area contributed by atoms with Crippen LogP contribution in [0.2, 0.25) is 0 Å². The van der Waals surface area contributed by atoms with E-state index in [4.69, 9.17) is 15.0 Å². The average molecular weight is 281 g/mol. The van der Waals surface area contributed by atoms with Gasteiger partial charge in [-0.1, -0.05) is 25.4 Å². The lowest BCUT2D eigenvalue weighted by atomic mass is 9.86. The van der Waals surface area contributed by atoms with Gasteiger partial charge < -0.3 is 15.0 Å². The number of hydrogen-bond donors (Lipinski definition) is 1. The van der Waals surface area contributed by atoms with E-state index in [-0.39, 0.29) is 6.04 Å². The fraction of sp³-hybridized carbons (Fsp3) is 0.867. The molecule has 5 nitrogen and oxygen atoms in total. The molecular formula is C15H27N3O2. The summed E-state index contributed by atoms with van der Waals surface area (Å²) >= 11 is 0. The summed E-state index contributed by atoms with van der Waals surface area (Å²) in [5.74, 6) is 1.74. The molecule has 1 fully saturated rings. The summed E-state index contributed by atoms with van der Waals surface area (Å²) < 4.78 is 11.4. The molecule has 5 heteroatoms. The number of rotatable bonds is 6. The Labute approximate surface area is 121 Å². The van der Waals surface area contributed by atoms with Crippen molar-refractivity contribution in [1.82, 2.24) is 10.1 Å². The Bertz CT molecular complexity index is 415. The van der Waals surface area contributed by atoms with E-state index in [1.165, 1.54) is 0 Å². The predicted octanol–water partition coefficient (Wildman–Crippen LogP) is 3.11. The summed E-state index contributed by atoms with van der Waals surface area (Å²) in [5.41, 5.74) is 5.63. The first kappa shape index (κ1) is 15.4. The molecule has 1 saturated carbocycles. The normalized spacial score (nSPS) is 24.0. The van der Waals surface area contributed by atoms with Gasteiger partial charge in [0.1, 0.15) is 5.60 Å². The van der Waals surface area contributed by atoms with E-state index in [9.17, 15) is 0 Å². The zero-order valence-corrected chi connectivity index (χ0v) is 12.9. The van der Waals surface area contributed by atoms with Gasteiger partial charge in [-0.3, -0.25) is 0 Å². The summed E-state index contributed by atoms with van der Waals surface area (Å²) in [4.78, 5) is 4.64. The monoisotopic (exact) mass is 281 g/mol. The van der Waals surface area contributed by atoms with Crippen molar-refractivity contribution in [3.05, 3.63) is 11.7 Å². The first-order valence-corrected chi connectivity index (χ1v) is 7.88. The van der Waals surface area contributed by atoms with Crippen molar-refractivity contribution in [2.24, 2.45) is 5.73 Å². The molecule has 20 heavy (non-hydrogen) atoms. The topological polar surface area (TPSA) is 74.2 Å². The van der Waals surface area contributed by atoms with Crippen LogP contribution in [0.4, 0.5) is 0 Å². The fourth-order valence-electron chi connectivity index (χ4n) is 3.15. The molecule has 0 amide bonds. The van der Waals surface area contributed by atoms with Crippen LogP contribution in [-0.4, -0.2) is 22.8 Å². The van der Waals surface area contributed by atoms with Crippen LogP contribution < -0.4 is 5.73 Å². The molecule has 1 aliphatic rings. The van der Waals surface area contributed by atoms with Gasteiger partial charge in [-0.05, 0) is 39.0 Å². The summed E-state index contributed by atoms with van der Waals surface area (Å²) in [6.45, 7) is 6.86. The summed E-state index contributed by atoms with van der Waals surface area (Å²) in [7, 11) is 0. The average Bonchev–Trinajstić information content (AvgIpc) is 2.95. The van der Waals surface area contributed by atoms with Crippen LogP contribution >= 0.6 is 0 Å². The van der Waals surface area contributed by atoms with Crippen LogP contribution in [0.15, 0.2) is 4.52 Å². The van der Waals surface area contributed by atoms with Gasteiger partial charge in [-0.15, -0.1) is 0 Å². The second-order valence-corrected chi connectivity index (χ2v) is 5.71. The Kier molecular flexibility index (Phi) is 5.16. The van der Waals surface area contributed by atoms with Crippen LogP contribution in [-0.2, 0) is 10.3 Å². The first-order chi connectivity index (χ1) is 9.65. The highest BCUT2D eigenvalue weighted by atomic mass is 16.5. The molecule has 1 aliphatic carbocycles. The molecule has 1 aromatic rings. The van der Waals surface area contributed by atoms with Gasteiger partial charge in [-0.25, -0.2) is 0 Å². The second-order valence-electron chi connectivity index (χ2n) is 5.71. The maximum atomic E-state index is 6.04. The summed E-state index contributed by atoms with van der Waals surface area (Å²) in [6, 6.07) is 0.262. The molecule has 2 unspecified atom stereocenters. The van der Waals surface area contributed by atoms with E-state index in [0.29, 0.717) is 18.3 Å². The van der Waals surface area contributed by atoms with E-state index in [1.54, 1.807) is 0 Å². The highest BCUT2D eigenvalue weighted by molar-refractivity contribution is 5.04. The molecule has 0 aliphatic heterocycles. The maximum Gasteiger partial charge on any atom is 0.229 e. The Hall–Kier alpha value is -0.940. The molecule has 1 heterocycles. The van der Waals surface area contributed by atoms with Crippen molar-refractivity contribution in [3.63, 3.8) is 0 Å². The quantitative estimate of drug-likeness (QED) is 0.867. The fourth-order valence-corrected chi connectivity index (χ4v) is 3.15. The molecule has 0 saturated heterocycles. The summed E-state index contributed by atoms with van der Waals surface area (Å²) in [5, 5.41) is 4.20. The lowest BCUT2D eigenvalue weighted by Gasteiger charge is -2.28. The molecule has 0 bridgehead atoms. The number of hydrogen-bond acceptors (Lipinski definition) is 5. The highest BCUT2D eigenvalue weighted by Crippen LogP contribution is 2.35. The number of nitrogens with zero attached hydrogens (tertiary/aromatic N) is 2. The minimum atomic E-state index is -0.409. The van der Waals surface area contributed by atoms with Crippen LogP contribution in [0.1, 0.15) is 76.9 Å². The standard InChI is InChI=1S/C15H27N3O2/c1-4-15(5-2,19-6-3)14-17-13(20-18-14)11-8-7-9-12(16)10-11/h11-12H,4-10,16H2,1-3H3. The van der Waals surface area contributed by atoms with Crippen LogP contribution in [0.25, 0.3) is 0 Å². The van der Waals surface area contributed by atoms with Crippen molar-refractivity contribution in [2.75, 3.05) is 6.61 Å². The number of ether oxygens (including phenoxy) is 1. The maximum absolute atomic E-state index is 6.04. The number of nitrogens with two attached hydrogens (primary N) is 1. The van der Waals surface area contributed by atoms with Crippen molar-refractivity contribution in [1.29, 1.82) is 0 Å². The predicted molar refractivity (Wildman–Crippen MR) is 77.4 cm³/mol. The van der Waals surface area contributed by atoms with Gasteiger partial charge in [0.25, 0.3) is 0 Å². The minimum absolute atomic E-state index is 0.262. The molecule has 0 aromatic carbocycles. The lowest BCUT2D eigenvalue weighted by Crippen LogP contribution is -2.30. The smallest absolute Gasteiger partial charge is 0.229 e. The third-order valence-electron chi connectivity index (χ3n) is 4.48. The van der Waals surface area contributed by atoms with Gasteiger partial charge in [0.15, 0.2) is 0 Å². The van der Waals surface area contributed by atoms with Gasteiger partial charge in [0, 0.05) is 18.6 Å². The van der Waals surface area contributed by atoms with Gasteiger partial charge in [-0.2, -0.15) is 4.98 Å². The molecule has 0 spiro atoms. The first-order valence-electron chi connectivity index (χ1n) is 7.88. The van der Waals surface area contributed by atoms with Crippen LogP contribution in [0, 0.1) is 0 Å². The van der Waals surface area contributed by atoms with Crippen LogP contribution in [0.3, 0.4) is 0 Å². The number of aromatic nitrogens is 2. The Morgan fingerprint density at radius 3 is 2.65 bits per heavy atom. The van der Waals surface area contributed by atoms with Crippen molar-refractivity contribution >= 4 is 0 Å². The Morgan fingerprint density at radius 1 is 1.30 bits per heavy atom. The van der Waals surface area contributed by atoms with E-state index in [0.717, 1.165) is 44.4 Å². The van der Waals surface area contributed by atoms with Crippen molar-refractivity contribution in [2.45, 2.75) is 76.9 Å². The van der Waals surface area contributed by atoms with E-state index in [2.05, 4.69) is 24.0 Å². The third-order valence-corrected chi connectivity index (χ3v) is 4.48. The molecule has 0 radical (unpaired) electrons. The minimum Gasteiger partial charge on any atom is -0.367 e. The molecule has 2 atom stereocenters. The van der Waals surface area contributed by atoms with Crippen LogP contribution in [0.5, 0.6) is 0 Å². The third kappa shape index (κ3) is 3.04. The summed E-state index contributed by atoms with van der Waals surface area (Å²) in [6.07, 6.45) is 5.98. The Morgan fingerprint density at radius 2 is 2.05 bits per heavy atom. The molecular weight excluding hydrogens is 254 g/mol. The Balaban J connectivity index is 2.18. The van der Waals surface area contributed by atoms with E-state index >= 15 is 0 Å². The molecule has 2 N–H and O–H groups in total. The lowest BCUT2D eigenvalue weighted by molar-refractivity contribution is -0.0583. The van der Waals surface area contributed by atoms with E-state index < -0.39 is 5.60 Å². The zero-order valence-electron chi connectivity index (χ0n) is 12.9. The zero-order chi connectivity index (χ0) is 14.6. The second kappa shape index (κ2) is 6.68. The SMILES string of the molecule is CCOC(CC)(CC)c1noc(C2CCCC(N)C2)n1. The molecule has 2 rings (SSSR count). The van der Waals surface area contributed by atoms with Gasteiger partial charge >= 0.3 is 0 Å². The molecule has 114 valence electrons. The largest absolute Gasteiger partial charge is 0.367 e. The van der Waals surface area contributed by atoms with Gasteiger partial charge in [0.05, 0.1) is 0 Å². The highest BCUT2D eigenvalue weighted by Gasteiger charge is 2.36. The van der Waals surface area contributed by atoms with Crippen molar-refractivity contribution in [3.8, 4) is 0 Å². The van der Waals surface area contributed by atoms with Gasteiger partial charge in [0.2, 0.25) is 11.7 Å². The van der Waals surface area contributed by atoms with Crippen molar-refractivity contribution < 1.29 is 9.26 Å². The molecule has 1 aromatic heterocycles.